The number of carboxylic acids is 1. The number of amides is 1. The van der Waals surface area contributed by atoms with E-state index in [0.29, 0.717) is 31.5 Å². The van der Waals surface area contributed by atoms with Gasteiger partial charge in [-0.1, -0.05) is 15.9 Å². The number of thioether (sulfide) groups is 1. The van der Waals surface area contributed by atoms with Crippen LogP contribution in [-0.4, -0.2) is 34.4 Å². The van der Waals surface area contributed by atoms with E-state index in [9.17, 15) is 14.7 Å². The summed E-state index contributed by atoms with van der Waals surface area (Å²) in [6, 6.07) is 9.11. The van der Waals surface area contributed by atoms with Gasteiger partial charge in [0.25, 0.3) is 5.91 Å². The second-order valence-corrected chi connectivity index (χ2v) is 7.26. The van der Waals surface area contributed by atoms with Crippen molar-refractivity contribution in [2.24, 2.45) is 4.99 Å². The normalized spacial score (nSPS) is 16.6. The highest BCUT2D eigenvalue weighted by Gasteiger charge is 2.24. The number of amidine groups is 1. The van der Waals surface area contributed by atoms with Crippen molar-refractivity contribution in [3.05, 3.63) is 56.9 Å². The topological polar surface area (TPSA) is 108 Å². The summed E-state index contributed by atoms with van der Waals surface area (Å²) in [5.74, 6) is -1.04. The molecule has 1 saturated heterocycles. The van der Waals surface area contributed by atoms with Crippen molar-refractivity contribution < 1.29 is 24.5 Å². The molecule has 0 unspecified atom stereocenters. The number of hydrogen-bond acceptors (Lipinski definition) is 6. The number of carbonyl (C=O) groups excluding carboxylic acids is 1. The highest BCUT2D eigenvalue weighted by Crippen LogP contribution is 2.35. The maximum absolute atomic E-state index is 12.2. The van der Waals surface area contributed by atoms with Gasteiger partial charge in [0.1, 0.15) is 0 Å². The number of carbonyl (C=O) groups is 2. The molecule has 1 heterocycles. The van der Waals surface area contributed by atoms with Crippen LogP contribution in [0.15, 0.2) is 50.8 Å². The minimum absolute atomic E-state index is 0.0119. The van der Waals surface area contributed by atoms with E-state index in [0.717, 1.165) is 11.8 Å². The van der Waals surface area contributed by atoms with Gasteiger partial charge in [-0.15, -0.1) is 0 Å². The van der Waals surface area contributed by atoms with Crippen molar-refractivity contribution in [1.29, 1.82) is 0 Å². The fourth-order valence-electron chi connectivity index (χ4n) is 2.25. The number of aromatic hydroxyl groups is 1. The fourth-order valence-corrected chi connectivity index (χ4v) is 3.53. The molecule has 3 rings (SSSR count). The molecule has 0 bridgehead atoms. The van der Waals surface area contributed by atoms with Gasteiger partial charge in [-0.25, -0.2) is 9.79 Å². The summed E-state index contributed by atoms with van der Waals surface area (Å²) < 4.78 is 5.69. The Bertz CT molecular complexity index is 986. The Labute approximate surface area is 166 Å². The molecule has 2 aromatic carbocycles. The first kappa shape index (κ1) is 19.0. The number of aliphatic imine (C=N–C) groups is 1. The van der Waals surface area contributed by atoms with Gasteiger partial charge in [0.2, 0.25) is 0 Å². The highest BCUT2D eigenvalue weighted by atomic mass is 79.9. The molecule has 9 heteroatoms. The third-order valence-electron chi connectivity index (χ3n) is 3.58. The molecular weight excluding hydrogens is 436 g/mol. The van der Waals surface area contributed by atoms with E-state index in [1.54, 1.807) is 24.3 Å². The smallest absolute Gasteiger partial charge is 0.335 e. The zero-order valence-electron chi connectivity index (χ0n) is 13.9. The van der Waals surface area contributed by atoms with Crippen molar-refractivity contribution in [3.63, 3.8) is 0 Å². The lowest BCUT2D eigenvalue weighted by Crippen LogP contribution is -2.19. The maximum atomic E-state index is 12.2. The summed E-state index contributed by atoms with van der Waals surface area (Å²) in [5.41, 5.74) is 1.35. The Morgan fingerprint density at radius 1 is 1.30 bits per heavy atom. The van der Waals surface area contributed by atoms with Gasteiger partial charge in [0.05, 0.1) is 23.3 Å². The number of benzene rings is 2. The molecule has 0 aliphatic carbocycles. The minimum Gasteiger partial charge on any atom is -0.504 e. The summed E-state index contributed by atoms with van der Waals surface area (Å²) >= 11 is 4.50. The third-order valence-corrected chi connectivity index (χ3v) is 5.18. The third kappa shape index (κ3) is 4.32. The summed E-state index contributed by atoms with van der Waals surface area (Å²) in [6.07, 6.45) is 1.65. The van der Waals surface area contributed by atoms with Crippen LogP contribution in [0, 0.1) is 0 Å². The number of carboxylic acid groups (broad SMARTS) is 1. The van der Waals surface area contributed by atoms with Gasteiger partial charge in [-0.3, -0.25) is 4.79 Å². The monoisotopic (exact) mass is 448 g/mol. The van der Waals surface area contributed by atoms with Crippen molar-refractivity contribution in [2.75, 3.05) is 7.11 Å². The zero-order valence-corrected chi connectivity index (χ0v) is 16.3. The van der Waals surface area contributed by atoms with Crippen LogP contribution in [0.25, 0.3) is 6.08 Å². The van der Waals surface area contributed by atoms with Crippen LogP contribution in [0.1, 0.15) is 15.9 Å². The Kier molecular flexibility index (Phi) is 5.52. The molecule has 0 aromatic heterocycles. The number of hydrogen-bond donors (Lipinski definition) is 3. The fraction of sp³-hybridized carbons (Fsp3) is 0.0556. The predicted octanol–water partition coefficient (Wildman–Crippen LogP) is 3.75. The largest absolute Gasteiger partial charge is 0.504 e. The van der Waals surface area contributed by atoms with Gasteiger partial charge in [-0.2, -0.15) is 0 Å². The number of ether oxygens (including phenoxy) is 1. The molecule has 27 heavy (non-hydrogen) atoms. The Hall–Kier alpha value is -2.78. The summed E-state index contributed by atoms with van der Waals surface area (Å²) in [5, 5.41) is 21.7. The summed E-state index contributed by atoms with van der Waals surface area (Å²) in [7, 11) is 1.44. The first-order chi connectivity index (χ1) is 12.9. The Morgan fingerprint density at radius 2 is 2.00 bits per heavy atom. The first-order valence-corrected chi connectivity index (χ1v) is 9.18. The summed E-state index contributed by atoms with van der Waals surface area (Å²) in [6.45, 7) is 0. The molecule has 7 nitrogen and oxygen atoms in total. The molecule has 1 aliphatic heterocycles. The lowest BCUT2D eigenvalue weighted by molar-refractivity contribution is -0.115. The van der Waals surface area contributed by atoms with Crippen LogP contribution >= 0.6 is 27.7 Å². The molecule has 0 radical (unpaired) electrons. The molecule has 1 aliphatic rings. The number of halogens is 1. The highest BCUT2D eigenvalue weighted by molar-refractivity contribution is 9.10. The molecule has 2 aromatic rings. The molecule has 3 N–H and O–H groups in total. The van der Waals surface area contributed by atoms with E-state index < -0.39 is 5.97 Å². The Balaban J connectivity index is 1.85. The van der Waals surface area contributed by atoms with Gasteiger partial charge >= 0.3 is 5.97 Å². The quantitative estimate of drug-likeness (QED) is 0.614. The van der Waals surface area contributed by atoms with Crippen LogP contribution in [0.4, 0.5) is 5.69 Å². The van der Waals surface area contributed by atoms with E-state index in [-0.39, 0.29) is 17.2 Å². The van der Waals surface area contributed by atoms with Crippen LogP contribution < -0.4 is 10.1 Å². The second kappa shape index (κ2) is 7.85. The average molecular weight is 449 g/mol. The number of nitrogens with one attached hydrogen (secondary N) is 1. The van der Waals surface area contributed by atoms with Gasteiger partial charge in [0, 0.05) is 4.47 Å². The lowest BCUT2D eigenvalue weighted by Gasteiger charge is -2.06. The van der Waals surface area contributed by atoms with Gasteiger partial charge in [0.15, 0.2) is 16.7 Å². The van der Waals surface area contributed by atoms with Crippen LogP contribution in [0.2, 0.25) is 0 Å². The van der Waals surface area contributed by atoms with E-state index in [4.69, 9.17) is 9.84 Å². The first-order valence-electron chi connectivity index (χ1n) is 7.57. The number of phenols is 1. The number of phenolic OH excluding ortho intramolecular Hbond substituents is 1. The molecule has 1 fully saturated rings. The second-order valence-electron chi connectivity index (χ2n) is 5.38. The molecule has 0 spiro atoms. The van der Waals surface area contributed by atoms with Crippen molar-refractivity contribution in [3.8, 4) is 11.5 Å². The van der Waals surface area contributed by atoms with E-state index in [1.807, 2.05) is 0 Å². The van der Waals surface area contributed by atoms with Crippen molar-refractivity contribution in [1.82, 2.24) is 5.32 Å². The standard InChI is InChI=1S/C18H13BrN2O5S/c1-26-14-6-10(12(19)8-13(14)22)7-15-16(23)21-18(27-15)20-11-4-2-9(3-5-11)17(24)25/h2-8,22H,1H3,(H,24,25)(H,20,21,23)/b15-7-. The number of nitrogens with zero attached hydrogens (tertiary/aromatic N) is 1. The molecule has 138 valence electrons. The average Bonchev–Trinajstić information content (AvgIpc) is 2.96. The summed E-state index contributed by atoms with van der Waals surface area (Å²) in [4.78, 5) is 27.8. The number of aromatic carboxylic acids is 1. The van der Waals surface area contributed by atoms with Crippen molar-refractivity contribution in [2.45, 2.75) is 0 Å². The zero-order chi connectivity index (χ0) is 19.6. The molecular formula is C18H13BrN2O5S. The van der Waals surface area contributed by atoms with Crippen LogP contribution in [0.3, 0.4) is 0 Å². The molecule has 1 amide bonds. The van der Waals surface area contributed by atoms with Crippen molar-refractivity contribution >= 4 is 56.5 Å². The SMILES string of the molecule is COc1cc(/C=C2\SC(=Nc3ccc(C(=O)O)cc3)NC2=O)c(Br)cc1O. The minimum atomic E-state index is -1.02. The van der Waals surface area contributed by atoms with E-state index in [1.165, 1.54) is 25.3 Å². The van der Waals surface area contributed by atoms with Crippen LogP contribution in [-0.2, 0) is 4.79 Å². The predicted molar refractivity (Wildman–Crippen MR) is 107 cm³/mol. The lowest BCUT2D eigenvalue weighted by atomic mass is 10.2. The van der Waals surface area contributed by atoms with E-state index in [2.05, 4.69) is 26.2 Å². The maximum Gasteiger partial charge on any atom is 0.335 e. The van der Waals surface area contributed by atoms with Gasteiger partial charge < -0.3 is 20.3 Å². The Morgan fingerprint density at radius 3 is 2.63 bits per heavy atom. The van der Waals surface area contributed by atoms with E-state index >= 15 is 0 Å². The van der Waals surface area contributed by atoms with Crippen LogP contribution in [0.5, 0.6) is 11.5 Å². The number of rotatable bonds is 4. The number of methoxy groups -OCH3 is 1. The molecule has 0 atom stereocenters. The van der Waals surface area contributed by atoms with Gasteiger partial charge in [-0.05, 0) is 59.8 Å². The molecule has 0 saturated carbocycles.